The zero-order valence-electron chi connectivity index (χ0n) is 11.1. The van der Waals surface area contributed by atoms with Crippen molar-refractivity contribution in [3.05, 3.63) is 29.6 Å². The van der Waals surface area contributed by atoms with Crippen LogP contribution in [0.1, 0.15) is 30.9 Å². The van der Waals surface area contributed by atoms with Gasteiger partial charge in [0.2, 0.25) is 0 Å². The van der Waals surface area contributed by atoms with E-state index in [1.807, 2.05) is 0 Å². The van der Waals surface area contributed by atoms with E-state index >= 15 is 0 Å². The maximum Gasteiger partial charge on any atom is 0.165 e. The van der Waals surface area contributed by atoms with E-state index in [-0.39, 0.29) is 11.6 Å². The largest absolute Gasteiger partial charge is 0.494 e. The second-order valence-corrected chi connectivity index (χ2v) is 6.40. The third-order valence-corrected chi connectivity index (χ3v) is 5.68. The lowest BCUT2D eigenvalue weighted by Crippen LogP contribution is -2.08. The summed E-state index contributed by atoms with van der Waals surface area (Å²) in [5.41, 5.74) is 0.706. The molecule has 0 aliphatic heterocycles. The van der Waals surface area contributed by atoms with E-state index in [0.29, 0.717) is 23.3 Å². The molecule has 2 bridgehead atoms. The summed E-state index contributed by atoms with van der Waals surface area (Å²) in [7, 11) is 1.46. The lowest BCUT2D eigenvalue weighted by atomic mass is 9.95. The fourth-order valence-corrected chi connectivity index (χ4v) is 4.90. The third kappa shape index (κ3) is 1.57. The highest BCUT2D eigenvalue weighted by Crippen LogP contribution is 2.72. The van der Waals surface area contributed by atoms with Gasteiger partial charge in [-0.2, -0.15) is 0 Å². The predicted molar refractivity (Wildman–Crippen MR) is 69.2 cm³/mol. The average molecular weight is 262 g/mol. The molecule has 19 heavy (non-hydrogen) atoms. The number of rotatable bonds is 3. The highest BCUT2D eigenvalue weighted by Gasteiger charge is 2.66. The van der Waals surface area contributed by atoms with Crippen LogP contribution in [0, 0.1) is 35.4 Å². The molecule has 1 N–H and O–H groups in total. The van der Waals surface area contributed by atoms with Gasteiger partial charge in [0, 0.05) is 0 Å². The number of ether oxygens (including phenoxy) is 1. The Labute approximate surface area is 112 Å². The van der Waals surface area contributed by atoms with Gasteiger partial charge in [-0.05, 0) is 66.5 Å². The van der Waals surface area contributed by atoms with E-state index in [0.717, 1.165) is 11.8 Å². The predicted octanol–water partition coefficient (Wildman–Crippen LogP) is 3.16. The van der Waals surface area contributed by atoms with Crippen LogP contribution < -0.4 is 4.74 Å². The molecule has 102 valence electrons. The van der Waals surface area contributed by atoms with E-state index in [1.54, 1.807) is 12.1 Å². The maximum absolute atomic E-state index is 13.7. The van der Waals surface area contributed by atoms with Gasteiger partial charge in [0.15, 0.2) is 11.6 Å². The molecule has 3 aliphatic carbocycles. The zero-order valence-corrected chi connectivity index (χ0v) is 11.1. The number of hydrogen-bond acceptors (Lipinski definition) is 2. The fourth-order valence-electron chi connectivity index (χ4n) is 4.90. The van der Waals surface area contributed by atoms with E-state index in [4.69, 9.17) is 4.74 Å². The van der Waals surface area contributed by atoms with Crippen LogP contribution in [0.15, 0.2) is 18.2 Å². The molecule has 0 amide bonds. The Bertz CT molecular complexity index is 499. The van der Waals surface area contributed by atoms with Crippen molar-refractivity contribution in [2.45, 2.75) is 25.4 Å². The molecule has 0 heterocycles. The molecule has 3 aliphatic rings. The van der Waals surface area contributed by atoms with Crippen LogP contribution >= 0.6 is 0 Å². The minimum Gasteiger partial charge on any atom is -0.494 e. The standard InChI is InChI=1S/C16H19FO2/c1-19-12-5-4-10(7-11(12)17)16(18)15-13-8-2-3-9(6-8)14(13)15/h4-5,7-9,13-16,18H,2-3,6H2,1H3. The van der Waals surface area contributed by atoms with Crippen LogP contribution in [0.5, 0.6) is 5.75 Å². The summed E-state index contributed by atoms with van der Waals surface area (Å²) in [6.45, 7) is 0. The van der Waals surface area contributed by atoms with Crippen molar-refractivity contribution in [3.8, 4) is 5.75 Å². The molecule has 1 aromatic rings. The summed E-state index contributed by atoms with van der Waals surface area (Å²) in [5, 5.41) is 10.5. The van der Waals surface area contributed by atoms with Gasteiger partial charge in [-0.3, -0.25) is 0 Å². The molecule has 0 radical (unpaired) electrons. The van der Waals surface area contributed by atoms with Crippen molar-refractivity contribution >= 4 is 0 Å². The summed E-state index contributed by atoms with van der Waals surface area (Å²) in [4.78, 5) is 0. The zero-order chi connectivity index (χ0) is 13.1. The van der Waals surface area contributed by atoms with Crippen molar-refractivity contribution in [2.24, 2.45) is 29.6 Å². The van der Waals surface area contributed by atoms with Gasteiger partial charge < -0.3 is 9.84 Å². The summed E-state index contributed by atoms with van der Waals surface area (Å²) < 4.78 is 18.6. The van der Waals surface area contributed by atoms with Crippen molar-refractivity contribution < 1.29 is 14.2 Å². The average Bonchev–Trinajstić information content (AvgIpc) is 2.85. The van der Waals surface area contributed by atoms with Gasteiger partial charge >= 0.3 is 0 Å². The summed E-state index contributed by atoms with van der Waals surface area (Å²) in [6.07, 6.45) is 3.55. The van der Waals surface area contributed by atoms with Crippen LogP contribution in [-0.2, 0) is 0 Å². The highest BCUT2D eigenvalue weighted by molar-refractivity contribution is 5.32. The Morgan fingerprint density at radius 2 is 1.95 bits per heavy atom. The van der Waals surface area contributed by atoms with Crippen LogP contribution in [0.4, 0.5) is 4.39 Å². The van der Waals surface area contributed by atoms with E-state index in [2.05, 4.69) is 0 Å². The fraction of sp³-hybridized carbons (Fsp3) is 0.625. The first-order valence-corrected chi connectivity index (χ1v) is 7.22. The molecular formula is C16H19FO2. The first-order chi connectivity index (χ1) is 9.20. The second kappa shape index (κ2) is 3.95. The Kier molecular flexibility index (Phi) is 2.44. The first kappa shape index (κ1) is 11.7. The van der Waals surface area contributed by atoms with Gasteiger partial charge in [-0.1, -0.05) is 6.07 Å². The molecular weight excluding hydrogens is 243 g/mol. The minimum atomic E-state index is -0.501. The van der Waals surface area contributed by atoms with Crippen LogP contribution in [0.2, 0.25) is 0 Å². The first-order valence-electron chi connectivity index (χ1n) is 7.22. The van der Waals surface area contributed by atoms with Gasteiger partial charge in [-0.25, -0.2) is 4.39 Å². The Hall–Kier alpha value is -1.09. The number of benzene rings is 1. The second-order valence-electron chi connectivity index (χ2n) is 6.40. The number of fused-ring (bicyclic) bond motifs is 5. The van der Waals surface area contributed by atoms with Gasteiger partial charge in [0.05, 0.1) is 13.2 Å². The molecule has 0 saturated heterocycles. The number of methoxy groups -OCH3 is 1. The molecule has 1 aromatic carbocycles. The van der Waals surface area contributed by atoms with Crippen LogP contribution in [0.25, 0.3) is 0 Å². The SMILES string of the molecule is COc1ccc(C(O)C2C3C4CCC(C4)C32)cc1F. The summed E-state index contributed by atoms with van der Waals surface area (Å²) in [5.74, 6) is 3.31. The minimum absolute atomic E-state index is 0.243. The van der Waals surface area contributed by atoms with Crippen molar-refractivity contribution in [3.63, 3.8) is 0 Å². The molecule has 3 saturated carbocycles. The van der Waals surface area contributed by atoms with Crippen molar-refractivity contribution in [1.82, 2.24) is 0 Å². The molecule has 0 aromatic heterocycles. The highest BCUT2D eigenvalue weighted by atomic mass is 19.1. The van der Waals surface area contributed by atoms with Crippen molar-refractivity contribution in [1.29, 1.82) is 0 Å². The monoisotopic (exact) mass is 262 g/mol. The summed E-state index contributed by atoms with van der Waals surface area (Å²) >= 11 is 0. The molecule has 4 rings (SSSR count). The molecule has 3 heteroatoms. The molecule has 5 unspecified atom stereocenters. The van der Waals surface area contributed by atoms with E-state index < -0.39 is 6.10 Å². The van der Waals surface area contributed by atoms with Gasteiger partial charge in [0.1, 0.15) is 0 Å². The molecule has 0 spiro atoms. The summed E-state index contributed by atoms with van der Waals surface area (Å²) in [6, 6.07) is 4.84. The smallest absolute Gasteiger partial charge is 0.165 e. The lowest BCUT2D eigenvalue weighted by molar-refractivity contribution is 0.129. The maximum atomic E-state index is 13.7. The van der Waals surface area contributed by atoms with Crippen LogP contribution in [0.3, 0.4) is 0 Å². The third-order valence-electron chi connectivity index (χ3n) is 5.68. The van der Waals surface area contributed by atoms with E-state index in [9.17, 15) is 9.50 Å². The van der Waals surface area contributed by atoms with Gasteiger partial charge in [0.25, 0.3) is 0 Å². The molecule has 3 fully saturated rings. The van der Waals surface area contributed by atoms with Crippen LogP contribution in [-0.4, -0.2) is 12.2 Å². The Morgan fingerprint density at radius 1 is 1.26 bits per heavy atom. The number of aliphatic hydroxyl groups is 1. The Morgan fingerprint density at radius 3 is 2.53 bits per heavy atom. The Balaban J connectivity index is 1.56. The van der Waals surface area contributed by atoms with Crippen molar-refractivity contribution in [2.75, 3.05) is 7.11 Å². The number of aliphatic hydroxyl groups excluding tert-OH is 1. The molecule has 5 atom stereocenters. The number of hydrogen-bond donors (Lipinski definition) is 1. The molecule has 2 nitrogen and oxygen atoms in total. The lowest BCUT2D eigenvalue weighted by Gasteiger charge is -2.16. The topological polar surface area (TPSA) is 29.5 Å². The number of halogens is 1. The van der Waals surface area contributed by atoms with E-state index in [1.165, 1.54) is 32.4 Å². The van der Waals surface area contributed by atoms with Gasteiger partial charge in [-0.15, -0.1) is 0 Å². The quantitative estimate of drug-likeness (QED) is 0.906. The normalized spacial score (nSPS) is 40.1.